The van der Waals surface area contributed by atoms with Crippen molar-refractivity contribution >= 4 is 17.5 Å². The zero-order valence-electron chi connectivity index (χ0n) is 12.6. The second-order valence-electron chi connectivity index (χ2n) is 5.20. The highest BCUT2D eigenvalue weighted by Crippen LogP contribution is 2.14. The van der Waals surface area contributed by atoms with Crippen LogP contribution in [0.25, 0.3) is 0 Å². The molecule has 0 aliphatic heterocycles. The quantitative estimate of drug-likeness (QED) is 0.711. The number of carbonyl (C=O) groups excluding carboxylic acids is 1. The number of benzene rings is 1. The molecule has 0 spiro atoms. The van der Waals surface area contributed by atoms with Crippen molar-refractivity contribution in [3.05, 3.63) is 35.4 Å². The van der Waals surface area contributed by atoms with Gasteiger partial charge < -0.3 is 0 Å². The van der Waals surface area contributed by atoms with Crippen molar-refractivity contribution in [2.24, 2.45) is 0 Å². The molecule has 0 fully saturated rings. The summed E-state index contributed by atoms with van der Waals surface area (Å²) in [5.41, 5.74) is 1.99. The highest BCUT2D eigenvalue weighted by atomic mass is 32.2. The van der Waals surface area contributed by atoms with E-state index in [1.807, 2.05) is 56.9 Å². The number of nitrogens with zero attached hydrogens (tertiary/aromatic N) is 1. The molecular weight excluding hydrogens is 254 g/mol. The van der Waals surface area contributed by atoms with Gasteiger partial charge in [0.2, 0.25) is 0 Å². The third-order valence-electron chi connectivity index (χ3n) is 3.76. The van der Waals surface area contributed by atoms with E-state index in [9.17, 15) is 4.79 Å². The topological polar surface area (TPSA) is 20.3 Å². The Kier molecular flexibility index (Phi) is 6.59. The molecule has 0 N–H and O–H groups in total. The van der Waals surface area contributed by atoms with E-state index in [0.717, 1.165) is 17.7 Å². The summed E-state index contributed by atoms with van der Waals surface area (Å²) in [5, 5.41) is 0. The predicted octanol–water partition coefficient (Wildman–Crippen LogP) is 3.64. The molecule has 0 aromatic heterocycles. The Hall–Kier alpha value is -0.800. The number of ketones is 1. The molecule has 0 saturated heterocycles. The average Bonchev–Trinajstić information content (AvgIpc) is 2.43. The van der Waals surface area contributed by atoms with Crippen LogP contribution in [0.15, 0.2) is 24.3 Å². The molecule has 0 saturated carbocycles. The van der Waals surface area contributed by atoms with E-state index in [2.05, 4.69) is 18.1 Å². The Labute approximate surface area is 121 Å². The lowest BCUT2D eigenvalue weighted by Crippen LogP contribution is -2.42. The SMILES string of the molecule is CSCCC(C)N(C)C(C)C(=O)c1ccc(C)cc1. The van der Waals surface area contributed by atoms with Crippen molar-refractivity contribution in [3.8, 4) is 0 Å². The molecule has 3 heteroatoms. The smallest absolute Gasteiger partial charge is 0.179 e. The summed E-state index contributed by atoms with van der Waals surface area (Å²) < 4.78 is 0. The molecular formula is C16H25NOS. The van der Waals surface area contributed by atoms with Gasteiger partial charge in [-0.15, -0.1) is 0 Å². The summed E-state index contributed by atoms with van der Waals surface area (Å²) in [5.74, 6) is 1.34. The molecule has 2 unspecified atom stereocenters. The van der Waals surface area contributed by atoms with Crippen molar-refractivity contribution in [1.29, 1.82) is 0 Å². The van der Waals surface area contributed by atoms with Crippen LogP contribution in [-0.4, -0.2) is 41.8 Å². The Balaban J connectivity index is 2.68. The molecule has 0 bridgehead atoms. The fourth-order valence-electron chi connectivity index (χ4n) is 2.02. The van der Waals surface area contributed by atoms with Gasteiger partial charge in [-0.05, 0) is 46.2 Å². The molecule has 0 radical (unpaired) electrons. The van der Waals surface area contributed by atoms with Crippen LogP contribution in [0.1, 0.15) is 36.2 Å². The van der Waals surface area contributed by atoms with E-state index in [-0.39, 0.29) is 11.8 Å². The number of hydrogen-bond acceptors (Lipinski definition) is 3. The molecule has 0 aliphatic rings. The summed E-state index contributed by atoms with van der Waals surface area (Å²) in [7, 11) is 2.04. The number of carbonyl (C=O) groups is 1. The number of aryl methyl sites for hydroxylation is 1. The number of Topliss-reactive ketones (excluding diaryl/α,β-unsaturated/α-hetero) is 1. The number of hydrogen-bond donors (Lipinski definition) is 0. The van der Waals surface area contributed by atoms with E-state index in [0.29, 0.717) is 6.04 Å². The summed E-state index contributed by atoms with van der Waals surface area (Å²) >= 11 is 1.85. The summed E-state index contributed by atoms with van der Waals surface area (Å²) in [6.07, 6.45) is 3.23. The summed E-state index contributed by atoms with van der Waals surface area (Å²) in [4.78, 5) is 14.6. The molecule has 2 nitrogen and oxygen atoms in total. The van der Waals surface area contributed by atoms with Gasteiger partial charge in [0.15, 0.2) is 5.78 Å². The third-order valence-corrected chi connectivity index (χ3v) is 4.41. The highest BCUT2D eigenvalue weighted by molar-refractivity contribution is 7.98. The maximum absolute atomic E-state index is 12.4. The second-order valence-corrected chi connectivity index (χ2v) is 6.19. The minimum absolute atomic E-state index is 0.0698. The molecule has 2 atom stereocenters. The average molecular weight is 279 g/mol. The first kappa shape index (κ1) is 16.3. The van der Waals surface area contributed by atoms with E-state index >= 15 is 0 Å². The van der Waals surface area contributed by atoms with Crippen LogP contribution in [0.5, 0.6) is 0 Å². The lowest BCUT2D eigenvalue weighted by atomic mass is 10.0. The van der Waals surface area contributed by atoms with Crippen molar-refractivity contribution < 1.29 is 4.79 Å². The van der Waals surface area contributed by atoms with Crippen molar-refractivity contribution in [1.82, 2.24) is 4.90 Å². The van der Waals surface area contributed by atoms with Gasteiger partial charge in [-0.25, -0.2) is 0 Å². The van der Waals surface area contributed by atoms with E-state index in [1.54, 1.807) is 0 Å². The van der Waals surface area contributed by atoms with Crippen LogP contribution in [-0.2, 0) is 0 Å². The van der Waals surface area contributed by atoms with Crippen LogP contribution < -0.4 is 0 Å². The highest BCUT2D eigenvalue weighted by Gasteiger charge is 2.22. The van der Waals surface area contributed by atoms with Gasteiger partial charge in [-0.2, -0.15) is 11.8 Å². The monoisotopic (exact) mass is 279 g/mol. The third kappa shape index (κ3) is 4.66. The van der Waals surface area contributed by atoms with E-state index in [1.165, 1.54) is 5.56 Å². The lowest BCUT2D eigenvalue weighted by Gasteiger charge is -2.29. The lowest BCUT2D eigenvalue weighted by molar-refractivity contribution is 0.0824. The molecule has 19 heavy (non-hydrogen) atoms. The van der Waals surface area contributed by atoms with E-state index < -0.39 is 0 Å². The van der Waals surface area contributed by atoms with Crippen molar-refractivity contribution in [3.63, 3.8) is 0 Å². The van der Waals surface area contributed by atoms with Crippen molar-refractivity contribution in [2.75, 3.05) is 19.1 Å². The van der Waals surface area contributed by atoms with Crippen LogP contribution in [0.3, 0.4) is 0 Å². The molecule has 106 valence electrons. The zero-order valence-corrected chi connectivity index (χ0v) is 13.5. The Bertz CT molecular complexity index is 402. The van der Waals surface area contributed by atoms with Gasteiger partial charge >= 0.3 is 0 Å². The Morgan fingerprint density at radius 2 is 1.84 bits per heavy atom. The minimum atomic E-state index is -0.0698. The molecule has 1 aromatic rings. The molecule has 0 heterocycles. The molecule has 1 aromatic carbocycles. The minimum Gasteiger partial charge on any atom is -0.294 e. The maximum Gasteiger partial charge on any atom is 0.179 e. The van der Waals surface area contributed by atoms with Gasteiger partial charge in [0.25, 0.3) is 0 Å². The second kappa shape index (κ2) is 7.71. The number of likely N-dealkylation sites (N-methyl/N-ethyl adjacent to an activating group) is 1. The van der Waals surface area contributed by atoms with Gasteiger partial charge in [0, 0.05) is 11.6 Å². The molecule has 0 aliphatic carbocycles. The normalized spacial score (nSPS) is 14.4. The Morgan fingerprint density at radius 1 is 1.26 bits per heavy atom. The largest absolute Gasteiger partial charge is 0.294 e. The molecule has 0 amide bonds. The first-order valence-electron chi connectivity index (χ1n) is 6.79. The van der Waals surface area contributed by atoms with Crippen LogP contribution in [0, 0.1) is 6.92 Å². The first-order chi connectivity index (χ1) is 8.97. The van der Waals surface area contributed by atoms with Gasteiger partial charge in [0.05, 0.1) is 6.04 Å². The maximum atomic E-state index is 12.4. The summed E-state index contributed by atoms with van der Waals surface area (Å²) in [6, 6.07) is 8.20. The van der Waals surface area contributed by atoms with Gasteiger partial charge in [0.1, 0.15) is 0 Å². The fourth-order valence-corrected chi connectivity index (χ4v) is 2.59. The zero-order chi connectivity index (χ0) is 14.4. The van der Waals surface area contributed by atoms with Crippen LogP contribution in [0.2, 0.25) is 0 Å². The number of thioether (sulfide) groups is 1. The fraction of sp³-hybridized carbons (Fsp3) is 0.562. The predicted molar refractivity (Wildman–Crippen MR) is 85.2 cm³/mol. The molecule has 1 rings (SSSR count). The first-order valence-corrected chi connectivity index (χ1v) is 8.18. The Morgan fingerprint density at radius 3 is 2.37 bits per heavy atom. The standard InChI is InChI=1S/C16H25NOS/c1-12-6-8-15(9-7-12)16(18)14(3)17(4)13(2)10-11-19-5/h6-9,13-14H,10-11H2,1-5H3. The van der Waals surface area contributed by atoms with Gasteiger partial charge in [-0.1, -0.05) is 29.8 Å². The van der Waals surface area contributed by atoms with Crippen molar-refractivity contribution in [2.45, 2.75) is 39.3 Å². The van der Waals surface area contributed by atoms with Crippen LogP contribution >= 0.6 is 11.8 Å². The summed E-state index contributed by atoms with van der Waals surface area (Å²) in [6.45, 7) is 6.22. The number of rotatable bonds is 7. The van der Waals surface area contributed by atoms with Crippen LogP contribution in [0.4, 0.5) is 0 Å². The van der Waals surface area contributed by atoms with Gasteiger partial charge in [-0.3, -0.25) is 9.69 Å². The van der Waals surface area contributed by atoms with E-state index in [4.69, 9.17) is 0 Å².